The highest BCUT2D eigenvalue weighted by atomic mass is 28.5. The summed E-state index contributed by atoms with van der Waals surface area (Å²) in [6, 6.07) is -1.76. The van der Waals surface area contributed by atoms with E-state index in [0.29, 0.717) is 0 Å². The number of hydrogen-bond acceptors (Lipinski definition) is 6. The first-order chi connectivity index (χ1) is 20.0. The van der Waals surface area contributed by atoms with E-state index in [-0.39, 0.29) is 19.8 Å². The maximum atomic E-state index is 14.7. The normalized spacial score (nSPS) is 15.6. The molecule has 0 N–H and O–H groups in total. The molecule has 0 saturated carbocycles. The zero-order valence-electron chi connectivity index (χ0n) is 23.8. The molecule has 272 valence electrons. The lowest BCUT2D eigenvalue weighted by molar-refractivity contribution is -0.461. The summed E-state index contributed by atoms with van der Waals surface area (Å²) in [4.78, 5) is 0. The summed E-state index contributed by atoms with van der Waals surface area (Å²) in [5.41, 5.74) is 0. The van der Waals surface area contributed by atoms with Gasteiger partial charge in [-0.1, -0.05) is 0 Å². The smallest absolute Gasteiger partial charge is 0.374 e. The fourth-order valence-corrected chi connectivity index (χ4v) is 9.63. The molecule has 0 bridgehead atoms. The van der Waals surface area contributed by atoms with E-state index in [0.717, 1.165) is 13.8 Å². The van der Waals surface area contributed by atoms with Gasteiger partial charge in [-0.15, -0.1) is 0 Å². The Morgan fingerprint density at radius 1 is 0.400 bits per heavy atom. The van der Waals surface area contributed by atoms with Crippen LogP contribution in [0.25, 0.3) is 0 Å². The number of halogens is 17. The van der Waals surface area contributed by atoms with Crippen LogP contribution < -0.4 is 0 Å². The summed E-state index contributed by atoms with van der Waals surface area (Å²) >= 11 is 0. The molecule has 0 aliphatic carbocycles. The molecule has 0 aromatic carbocycles. The van der Waals surface area contributed by atoms with Crippen LogP contribution in [0.2, 0.25) is 6.04 Å². The van der Waals surface area contributed by atoms with Crippen LogP contribution in [0.3, 0.4) is 0 Å². The van der Waals surface area contributed by atoms with E-state index >= 15 is 0 Å². The minimum atomic E-state index is -8.71. The molecule has 0 saturated heterocycles. The van der Waals surface area contributed by atoms with E-state index < -0.39 is 91.2 Å². The average molecular weight is 745 g/mol. The van der Waals surface area contributed by atoms with E-state index in [4.69, 9.17) is 26.2 Å². The van der Waals surface area contributed by atoms with E-state index in [9.17, 15) is 74.6 Å². The van der Waals surface area contributed by atoms with E-state index in [1.807, 2.05) is 0 Å². The van der Waals surface area contributed by atoms with E-state index in [1.165, 1.54) is 20.8 Å². The van der Waals surface area contributed by atoms with Gasteiger partial charge in [-0.25, -0.2) is 0 Å². The molecule has 6 nitrogen and oxygen atoms in total. The largest absolute Gasteiger partial charge is 0.672 e. The summed E-state index contributed by atoms with van der Waals surface area (Å²) < 4.78 is 264. The van der Waals surface area contributed by atoms with Crippen molar-refractivity contribution in [3.63, 3.8) is 0 Å². The molecule has 0 rings (SSSR count). The SMILES string of the molecule is CCO[Si](CCC(F)(F)C(F)(F)C(F)(F)C(F)(F)C(F)(F)C(F)(F)C(F)(F)C(F)(F)F)(OCC)O[Si](OCC)(OCC)OCC. The zero-order chi connectivity index (χ0) is 36.2. The van der Waals surface area contributed by atoms with Crippen molar-refractivity contribution in [3.8, 4) is 0 Å². The van der Waals surface area contributed by atoms with Crippen molar-refractivity contribution in [2.75, 3.05) is 33.0 Å². The monoisotopic (exact) mass is 744 g/mol. The Kier molecular flexibility index (Phi) is 14.3. The first-order valence-corrected chi connectivity index (χ1v) is 16.1. The summed E-state index contributed by atoms with van der Waals surface area (Å²) in [6.07, 6.45) is -10.6. The Hall–Kier alpha value is -0.996. The Morgan fingerprint density at radius 2 is 0.689 bits per heavy atom. The molecular formula is C20H29F17O6Si2. The second kappa shape index (κ2) is 14.6. The molecule has 0 aliphatic heterocycles. The molecule has 45 heavy (non-hydrogen) atoms. The third kappa shape index (κ3) is 8.01. The van der Waals surface area contributed by atoms with Crippen molar-refractivity contribution < 1.29 is 101 Å². The molecule has 25 heteroatoms. The molecule has 0 amide bonds. The van der Waals surface area contributed by atoms with Gasteiger partial charge in [-0.05, 0) is 34.6 Å². The van der Waals surface area contributed by atoms with Gasteiger partial charge in [-0.2, -0.15) is 74.6 Å². The van der Waals surface area contributed by atoms with Crippen molar-refractivity contribution in [1.29, 1.82) is 0 Å². The predicted octanol–water partition coefficient (Wildman–Crippen LogP) is 7.96. The Bertz CT molecular complexity index is 913. The maximum Gasteiger partial charge on any atom is 0.672 e. The number of hydrogen-bond donors (Lipinski definition) is 0. The zero-order valence-corrected chi connectivity index (χ0v) is 25.8. The Labute approximate surface area is 247 Å². The average Bonchev–Trinajstić information content (AvgIpc) is 2.87. The van der Waals surface area contributed by atoms with Gasteiger partial charge in [0.2, 0.25) is 0 Å². The number of rotatable bonds is 21. The minimum Gasteiger partial charge on any atom is -0.374 e. The van der Waals surface area contributed by atoms with Crippen LogP contribution in [0.5, 0.6) is 0 Å². The molecule has 0 aromatic heterocycles. The molecular weight excluding hydrogens is 715 g/mol. The van der Waals surface area contributed by atoms with Gasteiger partial charge in [0, 0.05) is 45.5 Å². The first-order valence-electron chi connectivity index (χ1n) is 12.6. The second-order valence-corrected chi connectivity index (χ2v) is 13.7. The summed E-state index contributed by atoms with van der Waals surface area (Å²) in [5.74, 6) is -57.1. The van der Waals surface area contributed by atoms with Crippen LogP contribution in [0.15, 0.2) is 0 Å². The van der Waals surface area contributed by atoms with Crippen molar-refractivity contribution in [2.45, 2.75) is 94.7 Å². The van der Waals surface area contributed by atoms with Crippen LogP contribution in [-0.4, -0.2) is 98.5 Å². The van der Waals surface area contributed by atoms with Crippen LogP contribution in [0, 0.1) is 0 Å². The van der Waals surface area contributed by atoms with Crippen LogP contribution >= 0.6 is 0 Å². The predicted molar refractivity (Wildman–Crippen MR) is 121 cm³/mol. The standard InChI is InChI=1S/C20H29F17O6Si2/c1-6-38-44(39-7-2,43-45(40-8-3,41-9-4)42-10-5)12-11-13(21,22)14(23,24)15(25,26)16(27,28)17(29,30)18(31,32)19(33,34)20(35,36)37/h6-12H2,1-5H3. The van der Waals surface area contributed by atoms with Crippen molar-refractivity contribution in [1.82, 2.24) is 0 Å². The van der Waals surface area contributed by atoms with Gasteiger partial charge < -0.3 is 26.2 Å². The van der Waals surface area contributed by atoms with E-state index in [1.54, 1.807) is 0 Å². The summed E-state index contributed by atoms with van der Waals surface area (Å²) in [6.45, 7) is 4.35. The lowest BCUT2D eigenvalue weighted by atomic mass is 9.88. The third-order valence-corrected chi connectivity index (χ3v) is 12.0. The lowest BCUT2D eigenvalue weighted by Crippen LogP contribution is -2.74. The number of alkyl halides is 17. The highest BCUT2D eigenvalue weighted by Gasteiger charge is 2.95. The molecule has 0 atom stereocenters. The van der Waals surface area contributed by atoms with Gasteiger partial charge in [0.25, 0.3) is 0 Å². The molecule has 0 heterocycles. The van der Waals surface area contributed by atoms with Crippen LogP contribution in [0.1, 0.15) is 41.0 Å². The van der Waals surface area contributed by atoms with Crippen LogP contribution in [0.4, 0.5) is 74.6 Å². The Balaban J connectivity index is 6.88. The lowest BCUT2D eigenvalue weighted by Gasteiger charge is -2.43. The fourth-order valence-electron chi connectivity index (χ4n) is 3.33. The van der Waals surface area contributed by atoms with Crippen molar-refractivity contribution >= 4 is 17.9 Å². The highest BCUT2D eigenvalue weighted by molar-refractivity contribution is 6.72. The van der Waals surface area contributed by atoms with Crippen LogP contribution in [-0.2, 0) is 26.2 Å². The molecule has 0 fully saturated rings. The maximum absolute atomic E-state index is 14.7. The minimum absolute atomic E-state index is 0.281. The molecule has 0 aliphatic rings. The van der Waals surface area contributed by atoms with E-state index in [2.05, 4.69) is 0 Å². The highest BCUT2D eigenvalue weighted by Crippen LogP contribution is 2.64. The summed E-state index contributed by atoms with van der Waals surface area (Å²) in [5, 5.41) is 0. The quantitative estimate of drug-likeness (QED) is 0.0879. The molecule has 0 spiro atoms. The van der Waals surface area contributed by atoms with Gasteiger partial charge in [0.1, 0.15) is 0 Å². The summed E-state index contributed by atoms with van der Waals surface area (Å²) in [7, 11) is -9.53. The van der Waals surface area contributed by atoms with Crippen molar-refractivity contribution in [3.05, 3.63) is 0 Å². The molecule has 0 aromatic rings. The first kappa shape index (κ1) is 44.0. The Morgan fingerprint density at radius 3 is 0.978 bits per heavy atom. The van der Waals surface area contributed by atoms with Gasteiger partial charge in [-0.3, -0.25) is 0 Å². The second-order valence-electron chi connectivity index (χ2n) is 8.60. The van der Waals surface area contributed by atoms with Gasteiger partial charge >= 0.3 is 65.5 Å². The molecule has 0 radical (unpaired) electrons. The topological polar surface area (TPSA) is 55.4 Å². The molecule has 0 unspecified atom stereocenters. The van der Waals surface area contributed by atoms with Crippen molar-refractivity contribution in [2.24, 2.45) is 0 Å². The van der Waals surface area contributed by atoms with Gasteiger partial charge in [0.05, 0.1) is 0 Å². The fraction of sp³-hybridized carbons (Fsp3) is 1.00. The third-order valence-electron chi connectivity index (χ3n) is 5.50. The van der Waals surface area contributed by atoms with Gasteiger partial charge in [0.15, 0.2) is 0 Å².